The molecule has 0 aliphatic carbocycles. The highest BCUT2D eigenvalue weighted by Crippen LogP contribution is 2.22. The van der Waals surface area contributed by atoms with Gasteiger partial charge in [0.15, 0.2) is 5.96 Å². The van der Waals surface area contributed by atoms with Crippen LogP contribution in [-0.4, -0.2) is 82.6 Å². The van der Waals surface area contributed by atoms with Gasteiger partial charge in [-0.1, -0.05) is 0 Å². The number of aliphatic imine (C=N–C) groups is 1. The Kier molecular flexibility index (Phi) is 7.80. The van der Waals surface area contributed by atoms with Crippen LogP contribution in [0.25, 0.3) is 0 Å². The normalized spacial score (nSPS) is 17.8. The molecular formula is C13H25F2N5O3S. The van der Waals surface area contributed by atoms with Crippen molar-refractivity contribution < 1.29 is 22.0 Å². The highest BCUT2D eigenvalue weighted by molar-refractivity contribution is 7.89. The standard InChI is InChI=1S/C13H25F2N5O3S/c1-16-13(18-9-11(21)19(2)3)17-8-10-4-6-20(7-5-10)24(22,23)12(14)15/h10,12H,4-9H2,1-3H3,(H2,16,17,18). The summed E-state index contributed by atoms with van der Waals surface area (Å²) in [6.07, 6.45) is 0.985. The Hall–Kier alpha value is -1.49. The second-order valence-electron chi connectivity index (χ2n) is 5.74. The molecule has 0 atom stereocenters. The Labute approximate surface area is 141 Å². The second kappa shape index (κ2) is 9.11. The van der Waals surface area contributed by atoms with E-state index < -0.39 is 15.8 Å². The van der Waals surface area contributed by atoms with Crippen LogP contribution in [0.3, 0.4) is 0 Å². The van der Waals surface area contributed by atoms with Crippen molar-refractivity contribution in [1.29, 1.82) is 0 Å². The van der Waals surface area contributed by atoms with Gasteiger partial charge in [0.1, 0.15) is 0 Å². The number of carbonyl (C=O) groups is 1. The highest BCUT2D eigenvalue weighted by atomic mass is 32.2. The number of hydrogen-bond acceptors (Lipinski definition) is 4. The van der Waals surface area contributed by atoms with Crippen molar-refractivity contribution in [2.75, 3.05) is 47.3 Å². The van der Waals surface area contributed by atoms with Gasteiger partial charge in [0.2, 0.25) is 5.91 Å². The zero-order valence-electron chi connectivity index (χ0n) is 14.1. The van der Waals surface area contributed by atoms with E-state index in [9.17, 15) is 22.0 Å². The number of amides is 1. The van der Waals surface area contributed by atoms with Crippen molar-refractivity contribution in [3.8, 4) is 0 Å². The number of sulfonamides is 1. The molecule has 1 rings (SSSR count). The Balaban J connectivity index is 2.38. The van der Waals surface area contributed by atoms with Crippen molar-refractivity contribution in [3.63, 3.8) is 0 Å². The third-order valence-corrected chi connectivity index (χ3v) is 5.38. The third kappa shape index (κ3) is 5.86. The lowest BCUT2D eigenvalue weighted by Crippen LogP contribution is -2.46. The van der Waals surface area contributed by atoms with E-state index >= 15 is 0 Å². The largest absolute Gasteiger partial charge is 0.356 e. The first-order chi connectivity index (χ1) is 11.2. The van der Waals surface area contributed by atoms with Crippen LogP contribution in [0.1, 0.15) is 12.8 Å². The molecule has 0 spiro atoms. The molecule has 140 valence electrons. The molecule has 0 saturated carbocycles. The van der Waals surface area contributed by atoms with Crippen LogP contribution in [0, 0.1) is 5.92 Å². The predicted molar refractivity (Wildman–Crippen MR) is 87.3 cm³/mol. The number of nitrogens with one attached hydrogen (secondary N) is 2. The molecule has 0 aromatic heterocycles. The van der Waals surface area contributed by atoms with Crippen molar-refractivity contribution in [3.05, 3.63) is 0 Å². The quantitative estimate of drug-likeness (QED) is 0.486. The Morgan fingerprint density at radius 2 is 1.88 bits per heavy atom. The van der Waals surface area contributed by atoms with E-state index in [0.29, 0.717) is 25.3 Å². The van der Waals surface area contributed by atoms with Gasteiger partial charge in [0, 0.05) is 40.8 Å². The van der Waals surface area contributed by atoms with Crippen LogP contribution < -0.4 is 10.6 Å². The molecule has 0 unspecified atom stereocenters. The fraction of sp³-hybridized carbons (Fsp3) is 0.846. The van der Waals surface area contributed by atoms with Crippen LogP contribution in [-0.2, 0) is 14.8 Å². The van der Waals surface area contributed by atoms with Crippen LogP contribution >= 0.6 is 0 Å². The van der Waals surface area contributed by atoms with Gasteiger partial charge in [0.05, 0.1) is 6.54 Å². The van der Waals surface area contributed by atoms with Gasteiger partial charge in [-0.2, -0.15) is 13.1 Å². The lowest BCUT2D eigenvalue weighted by molar-refractivity contribution is -0.127. The predicted octanol–water partition coefficient (Wildman–Crippen LogP) is -0.496. The molecule has 0 aromatic carbocycles. The zero-order chi connectivity index (χ0) is 18.3. The molecule has 1 saturated heterocycles. The molecule has 1 fully saturated rings. The van der Waals surface area contributed by atoms with Crippen molar-refractivity contribution in [2.45, 2.75) is 18.6 Å². The summed E-state index contributed by atoms with van der Waals surface area (Å²) in [6, 6.07) is 0. The van der Waals surface area contributed by atoms with E-state index in [1.807, 2.05) is 0 Å². The van der Waals surface area contributed by atoms with Gasteiger partial charge in [-0.25, -0.2) is 8.42 Å². The molecular weight excluding hydrogens is 344 g/mol. The summed E-state index contributed by atoms with van der Waals surface area (Å²) < 4.78 is 48.7. The molecule has 2 N–H and O–H groups in total. The summed E-state index contributed by atoms with van der Waals surface area (Å²) >= 11 is 0. The van der Waals surface area contributed by atoms with E-state index in [-0.39, 0.29) is 31.5 Å². The average Bonchev–Trinajstić information content (AvgIpc) is 2.54. The van der Waals surface area contributed by atoms with Gasteiger partial charge < -0.3 is 15.5 Å². The van der Waals surface area contributed by atoms with Crippen LogP contribution in [0.5, 0.6) is 0 Å². The van der Waals surface area contributed by atoms with Crippen LogP contribution in [0.15, 0.2) is 4.99 Å². The number of likely N-dealkylation sites (N-methyl/N-ethyl adjacent to an activating group) is 1. The van der Waals surface area contributed by atoms with Crippen molar-refractivity contribution in [2.24, 2.45) is 10.9 Å². The topological polar surface area (TPSA) is 94.1 Å². The Morgan fingerprint density at radius 1 is 1.29 bits per heavy atom. The van der Waals surface area contributed by atoms with Gasteiger partial charge >= 0.3 is 5.76 Å². The number of hydrogen-bond donors (Lipinski definition) is 2. The SMILES string of the molecule is CN=C(NCC(=O)N(C)C)NCC1CCN(S(=O)(=O)C(F)F)CC1. The lowest BCUT2D eigenvalue weighted by atomic mass is 9.98. The lowest BCUT2D eigenvalue weighted by Gasteiger charge is -2.31. The summed E-state index contributed by atoms with van der Waals surface area (Å²) in [6.45, 7) is 0.810. The van der Waals surface area contributed by atoms with Gasteiger partial charge in [-0.3, -0.25) is 9.79 Å². The molecule has 8 nitrogen and oxygen atoms in total. The maximum atomic E-state index is 12.5. The number of piperidine rings is 1. The molecule has 0 bridgehead atoms. The van der Waals surface area contributed by atoms with E-state index in [1.54, 1.807) is 21.1 Å². The van der Waals surface area contributed by atoms with E-state index in [4.69, 9.17) is 0 Å². The summed E-state index contributed by atoms with van der Waals surface area (Å²) in [7, 11) is 0.401. The Morgan fingerprint density at radius 3 is 2.33 bits per heavy atom. The first kappa shape index (κ1) is 20.6. The van der Waals surface area contributed by atoms with Crippen LogP contribution in [0.2, 0.25) is 0 Å². The van der Waals surface area contributed by atoms with Gasteiger partial charge in [0.25, 0.3) is 10.0 Å². The monoisotopic (exact) mass is 369 g/mol. The molecule has 1 amide bonds. The van der Waals surface area contributed by atoms with Crippen LogP contribution in [0.4, 0.5) is 8.78 Å². The molecule has 0 aromatic rings. The summed E-state index contributed by atoms with van der Waals surface area (Å²) in [5, 5.41) is 5.94. The first-order valence-electron chi connectivity index (χ1n) is 7.60. The van der Waals surface area contributed by atoms with Crippen molar-refractivity contribution in [1.82, 2.24) is 19.8 Å². The number of nitrogens with zero attached hydrogens (tertiary/aromatic N) is 3. The number of alkyl halides is 2. The molecule has 1 aliphatic heterocycles. The zero-order valence-corrected chi connectivity index (χ0v) is 14.9. The van der Waals surface area contributed by atoms with E-state index in [0.717, 1.165) is 4.31 Å². The van der Waals surface area contributed by atoms with Gasteiger partial charge in [-0.15, -0.1) is 0 Å². The minimum Gasteiger partial charge on any atom is -0.356 e. The minimum atomic E-state index is -4.48. The molecule has 1 aliphatic rings. The number of rotatable bonds is 6. The maximum absolute atomic E-state index is 12.5. The number of halogens is 2. The highest BCUT2D eigenvalue weighted by Gasteiger charge is 2.34. The molecule has 1 heterocycles. The summed E-state index contributed by atoms with van der Waals surface area (Å²) in [5.41, 5.74) is 0. The van der Waals surface area contributed by atoms with E-state index in [2.05, 4.69) is 15.6 Å². The third-order valence-electron chi connectivity index (χ3n) is 3.85. The first-order valence-corrected chi connectivity index (χ1v) is 9.10. The smallest absolute Gasteiger partial charge is 0.350 e. The van der Waals surface area contributed by atoms with Gasteiger partial charge in [-0.05, 0) is 18.8 Å². The minimum absolute atomic E-state index is 0.0875. The van der Waals surface area contributed by atoms with E-state index in [1.165, 1.54) is 4.90 Å². The molecule has 0 radical (unpaired) electrons. The Bertz CT molecular complexity index is 546. The molecule has 24 heavy (non-hydrogen) atoms. The average molecular weight is 369 g/mol. The second-order valence-corrected chi connectivity index (χ2v) is 7.65. The molecule has 11 heteroatoms. The number of carbonyl (C=O) groups excluding carboxylic acids is 1. The number of guanidine groups is 1. The maximum Gasteiger partial charge on any atom is 0.350 e. The fourth-order valence-corrected chi connectivity index (χ4v) is 3.20. The summed E-state index contributed by atoms with van der Waals surface area (Å²) in [5.74, 6) is -2.85. The summed E-state index contributed by atoms with van der Waals surface area (Å²) in [4.78, 5) is 17.0. The fourth-order valence-electron chi connectivity index (χ4n) is 2.26. The van der Waals surface area contributed by atoms with Crippen molar-refractivity contribution >= 4 is 21.9 Å².